The van der Waals surface area contributed by atoms with Crippen LogP contribution in [-0.4, -0.2) is 38.7 Å². The molecule has 3 rings (SSSR count). The molecule has 1 atom stereocenters. The van der Waals surface area contributed by atoms with E-state index in [1.54, 1.807) is 11.6 Å². The van der Waals surface area contributed by atoms with E-state index in [1.165, 1.54) is 11.8 Å². The van der Waals surface area contributed by atoms with Gasteiger partial charge < -0.3 is 4.90 Å². The van der Waals surface area contributed by atoms with E-state index in [-0.39, 0.29) is 16.7 Å². The maximum Gasteiger partial charge on any atom is 0.257 e. The molecule has 1 unspecified atom stereocenters. The summed E-state index contributed by atoms with van der Waals surface area (Å²) in [4.78, 5) is 32.6. The SMILES string of the molecule is CCCC(Sc1nc(C)c(Cc2ccccc2)c(=O)n1C)C(=O)N1CCCC1. The molecule has 1 aliphatic heterocycles. The Morgan fingerprint density at radius 1 is 1.21 bits per heavy atom. The average Bonchev–Trinajstić information content (AvgIpc) is 3.24. The van der Waals surface area contributed by atoms with Crippen LogP contribution in [-0.2, 0) is 18.3 Å². The summed E-state index contributed by atoms with van der Waals surface area (Å²) >= 11 is 1.44. The Balaban J connectivity index is 1.85. The van der Waals surface area contributed by atoms with Gasteiger partial charge in [0.05, 0.1) is 5.25 Å². The van der Waals surface area contributed by atoms with E-state index in [0.29, 0.717) is 11.6 Å². The van der Waals surface area contributed by atoms with E-state index >= 15 is 0 Å². The fraction of sp³-hybridized carbons (Fsp3) is 0.500. The Labute approximate surface area is 171 Å². The van der Waals surface area contributed by atoms with Gasteiger partial charge in [-0.3, -0.25) is 14.2 Å². The highest BCUT2D eigenvalue weighted by Crippen LogP contribution is 2.27. The zero-order valence-electron chi connectivity index (χ0n) is 17.0. The quantitative estimate of drug-likeness (QED) is 0.528. The first-order chi connectivity index (χ1) is 13.5. The summed E-state index contributed by atoms with van der Waals surface area (Å²) < 4.78 is 1.61. The number of thioether (sulfide) groups is 1. The van der Waals surface area contributed by atoms with Crippen LogP contribution in [0.2, 0.25) is 0 Å². The van der Waals surface area contributed by atoms with Gasteiger partial charge in [-0.15, -0.1) is 0 Å². The molecular weight excluding hydrogens is 370 g/mol. The molecule has 1 aromatic heterocycles. The minimum absolute atomic E-state index is 0.0253. The molecule has 6 heteroatoms. The topological polar surface area (TPSA) is 55.2 Å². The Morgan fingerprint density at radius 2 is 1.89 bits per heavy atom. The molecule has 2 aromatic rings. The summed E-state index contributed by atoms with van der Waals surface area (Å²) in [6.45, 7) is 5.67. The molecule has 1 aromatic carbocycles. The van der Waals surface area contributed by atoms with Gasteiger partial charge in [0.25, 0.3) is 5.56 Å². The summed E-state index contributed by atoms with van der Waals surface area (Å²) in [5.41, 5.74) is 2.54. The van der Waals surface area contributed by atoms with E-state index < -0.39 is 0 Å². The van der Waals surface area contributed by atoms with Crippen LogP contribution < -0.4 is 5.56 Å². The number of aromatic nitrogens is 2. The molecule has 0 N–H and O–H groups in total. The zero-order valence-corrected chi connectivity index (χ0v) is 17.8. The van der Waals surface area contributed by atoms with Crippen molar-refractivity contribution in [2.45, 2.75) is 56.4 Å². The van der Waals surface area contributed by atoms with Crippen LogP contribution in [0.4, 0.5) is 0 Å². The van der Waals surface area contributed by atoms with Crippen molar-refractivity contribution in [3.63, 3.8) is 0 Å². The van der Waals surface area contributed by atoms with Crippen LogP contribution >= 0.6 is 11.8 Å². The van der Waals surface area contributed by atoms with Crippen molar-refractivity contribution in [1.82, 2.24) is 14.5 Å². The van der Waals surface area contributed by atoms with Crippen molar-refractivity contribution >= 4 is 17.7 Å². The van der Waals surface area contributed by atoms with E-state index in [1.807, 2.05) is 42.2 Å². The summed E-state index contributed by atoms with van der Waals surface area (Å²) in [5.74, 6) is 0.185. The number of aryl methyl sites for hydroxylation is 1. The van der Waals surface area contributed by atoms with Crippen LogP contribution in [0.5, 0.6) is 0 Å². The number of amides is 1. The number of likely N-dealkylation sites (tertiary alicyclic amines) is 1. The molecule has 28 heavy (non-hydrogen) atoms. The fourth-order valence-corrected chi connectivity index (χ4v) is 4.89. The van der Waals surface area contributed by atoms with Crippen molar-refractivity contribution in [1.29, 1.82) is 0 Å². The highest BCUT2D eigenvalue weighted by molar-refractivity contribution is 8.00. The van der Waals surface area contributed by atoms with Gasteiger partial charge >= 0.3 is 0 Å². The number of hydrogen-bond acceptors (Lipinski definition) is 4. The van der Waals surface area contributed by atoms with Crippen LogP contribution in [0.15, 0.2) is 40.3 Å². The minimum atomic E-state index is -0.180. The van der Waals surface area contributed by atoms with Gasteiger partial charge in [-0.1, -0.05) is 55.4 Å². The molecule has 0 aliphatic carbocycles. The Morgan fingerprint density at radius 3 is 2.54 bits per heavy atom. The second-order valence-electron chi connectivity index (χ2n) is 7.41. The van der Waals surface area contributed by atoms with Gasteiger partial charge in [0.2, 0.25) is 5.91 Å². The summed E-state index contributed by atoms with van der Waals surface area (Å²) in [5, 5.41) is 0.450. The van der Waals surface area contributed by atoms with Gasteiger partial charge in [-0.2, -0.15) is 0 Å². The number of hydrogen-bond donors (Lipinski definition) is 0. The molecule has 0 radical (unpaired) electrons. The first-order valence-electron chi connectivity index (χ1n) is 10.1. The largest absolute Gasteiger partial charge is 0.342 e. The van der Waals surface area contributed by atoms with Crippen molar-refractivity contribution in [3.8, 4) is 0 Å². The summed E-state index contributed by atoms with van der Waals surface area (Å²) in [6, 6.07) is 9.97. The molecule has 1 amide bonds. The van der Waals surface area contributed by atoms with Crippen LogP contribution in [0, 0.1) is 6.92 Å². The Kier molecular flexibility index (Phi) is 6.94. The molecule has 0 bridgehead atoms. The third-order valence-electron chi connectivity index (χ3n) is 5.27. The summed E-state index contributed by atoms with van der Waals surface area (Å²) in [7, 11) is 1.76. The van der Waals surface area contributed by atoms with Crippen molar-refractivity contribution in [2.24, 2.45) is 7.05 Å². The summed E-state index contributed by atoms with van der Waals surface area (Å²) in [6.07, 6.45) is 4.46. The molecule has 2 heterocycles. The lowest BCUT2D eigenvalue weighted by atomic mass is 10.1. The van der Waals surface area contributed by atoms with Crippen LogP contribution in [0.1, 0.15) is 49.4 Å². The predicted molar refractivity (Wildman–Crippen MR) is 114 cm³/mol. The Hall–Kier alpha value is -2.08. The first kappa shape index (κ1) is 20.6. The lowest BCUT2D eigenvalue weighted by Crippen LogP contribution is -2.36. The highest BCUT2D eigenvalue weighted by Gasteiger charge is 2.28. The fourth-order valence-electron chi connectivity index (χ4n) is 3.60. The average molecular weight is 400 g/mol. The molecule has 5 nitrogen and oxygen atoms in total. The normalized spacial score (nSPS) is 15.0. The second kappa shape index (κ2) is 9.41. The second-order valence-corrected chi connectivity index (χ2v) is 8.58. The van der Waals surface area contributed by atoms with Gasteiger partial charge in [0.1, 0.15) is 0 Å². The third-order valence-corrected chi connectivity index (χ3v) is 6.56. The first-order valence-corrected chi connectivity index (χ1v) is 10.9. The standard InChI is InChI=1S/C22H29N3O2S/c1-4-10-19(21(27)25-13-8-9-14-25)28-22-23-16(2)18(20(26)24(22)3)15-17-11-6-5-7-12-17/h5-7,11-12,19H,4,8-10,13-15H2,1-3H3. The van der Waals surface area contributed by atoms with Crippen LogP contribution in [0.25, 0.3) is 0 Å². The molecule has 1 fully saturated rings. The Bertz CT molecular complexity index is 873. The minimum Gasteiger partial charge on any atom is -0.342 e. The monoisotopic (exact) mass is 399 g/mol. The smallest absolute Gasteiger partial charge is 0.257 e. The maximum atomic E-state index is 13.0. The van der Waals surface area contributed by atoms with E-state index in [4.69, 9.17) is 4.98 Å². The van der Waals surface area contributed by atoms with Gasteiger partial charge in [0.15, 0.2) is 5.16 Å². The molecule has 0 saturated carbocycles. The van der Waals surface area contributed by atoms with E-state index in [2.05, 4.69) is 6.92 Å². The molecule has 150 valence electrons. The van der Waals surface area contributed by atoms with E-state index in [0.717, 1.165) is 55.6 Å². The third kappa shape index (κ3) is 4.66. The number of carbonyl (C=O) groups excluding carboxylic acids is 1. The predicted octanol–water partition coefficient (Wildman–Crippen LogP) is 3.56. The van der Waals surface area contributed by atoms with Crippen molar-refractivity contribution < 1.29 is 4.79 Å². The van der Waals surface area contributed by atoms with E-state index in [9.17, 15) is 9.59 Å². The molecule has 1 saturated heterocycles. The van der Waals surface area contributed by atoms with Gasteiger partial charge in [-0.25, -0.2) is 4.98 Å². The number of benzene rings is 1. The van der Waals surface area contributed by atoms with Gasteiger partial charge in [0, 0.05) is 37.8 Å². The van der Waals surface area contributed by atoms with Crippen molar-refractivity contribution in [2.75, 3.05) is 13.1 Å². The lowest BCUT2D eigenvalue weighted by molar-refractivity contribution is -0.129. The zero-order chi connectivity index (χ0) is 20.1. The molecular formula is C22H29N3O2S. The van der Waals surface area contributed by atoms with Crippen LogP contribution in [0.3, 0.4) is 0 Å². The molecule has 1 aliphatic rings. The lowest BCUT2D eigenvalue weighted by Gasteiger charge is -2.23. The highest BCUT2D eigenvalue weighted by atomic mass is 32.2. The van der Waals surface area contributed by atoms with Crippen molar-refractivity contribution in [3.05, 3.63) is 57.5 Å². The molecule has 0 spiro atoms. The number of nitrogens with zero attached hydrogens (tertiary/aromatic N) is 3. The maximum absolute atomic E-state index is 13.0. The number of carbonyl (C=O) groups is 1. The number of rotatable bonds is 7. The van der Waals surface area contributed by atoms with Gasteiger partial charge in [-0.05, 0) is 31.7 Å².